The molecule has 4 heteroatoms. The highest BCUT2D eigenvalue weighted by molar-refractivity contribution is 5.78. The molecule has 0 spiro atoms. The third-order valence-corrected chi connectivity index (χ3v) is 4.19. The number of amides is 1. The van der Waals surface area contributed by atoms with Gasteiger partial charge < -0.3 is 14.8 Å². The smallest absolute Gasteiger partial charge is 0.225 e. The maximum atomic E-state index is 11.9. The molecule has 0 bridgehead atoms. The summed E-state index contributed by atoms with van der Waals surface area (Å²) in [5, 5.41) is 2.98. The number of nitrogens with one attached hydrogen (secondary N) is 1. The van der Waals surface area contributed by atoms with Gasteiger partial charge in [0.25, 0.3) is 0 Å². The summed E-state index contributed by atoms with van der Waals surface area (Å²) < 4.78 is 11.0. The van der Waals surface area contributed by atoms with Crippen LogP contribution in [0.5, 0.6) is 5.75 Å². The molecule has 1 aliphatic rings. The van der Waals surface area contributed by atoms with E-state index in [0.717, 1.165) is 24.2 Å². The van der Waals surface area contributed by atoms with Gasteiger partial charge in [-0.25, -0.2) is 0 Å². The first-order valence-corrected chi connectivity index (χ1v) is 8.42. The minimum Gasteiger partial charge on any atom is -0.489 e. The van der Waals surface area contributed by atoms with Gasteiger partial charge >= 0.3 is 0 Å². The average Bonchev–Trinajstić information content (AvgIpc) is 3.17. The van der Waals surface area contributed by atoms with Crippen LogP contribution in [0.4, 0.5) is 0 Å². The van der Waals surface area contributed by atoms with Crippen molar-refractivity contribution >= 4 is 5.91 Å². The van der Waals surface area contributed by atoms with E-state index in [1.165, 1.54) is 5.56 Å². The second-order valence-electron chi connectivity index (χ2n) is 6.02. The normalized spacial score (nSPS) is 16.8. The highest BCUT2D eigenvalue weighted by atomic mass is 16.5. The molecule has 2 aromatic rings. The molecule has 0 aromatic heterocycles. The minimum absolute atomic E-state index is 0.0266. The zero-order valence-corrected chi connectivity index (χ0v) is 13.7. The van der Waals surface area contributed by atoms with Crippen molar-refractivity contribution in [1.82, 2.24) is 5.32 Å². The molecule has 1 fully saturated rings. The van der Waals surface area contributed by atoms with E-state index < -0.39 is 0 Å². The molecule has 1 amide bonds. The lowest BCUT2D eigenvalue weighted by Gasteiger charge is -2.10. The number of ether oxygens (including phenoxy) is 2. The molecule has 24 heavy (non-hydrogen) atoms. The van der Waals surface area contributed by atoms with E-state index in [2.05, 4.69) is 5.32 Å². The van der Waals surface area contributed by atoms with Crippen LogP contribution in [0, 0.1) is 5.92 Å². The average molecular weight is 325 g/mol. The molecule has 1 saturated heterocycles. The first-order valence-electron chi connectivity index (χ1n) is 8.42. The molecule has 0 radical (unpaired) electrons. The van der Waals surface area contributed by atoms with Crippen LogP contribution in [0.3, 0.4) is 0 Å². The Morgan fingerprint density at radius 3 is 2.58 bits per heavy atom. The number of hydrogen-bond donors (Lipinski definition) is 1. The topological polar surface area (TPSA) is 47.6 Å². The van der Waals surface area contributed by atoms with Gasteiger partial charge in [0.2, 0.25) is 5.91 Å². The van der Waals surface area contributed by atoms with Gasteiger partial charge in [-0.1, -0.05) is 42.5 Å². The fraction of sp³-hybridized carbons (Fsp3) is 0.350. The molecule has 3 rings (SSSR count). The van der Waals surface area contributed by atoms with Crippen molar-refractivity contribution in [1.29, 1.82) is 0 Å². The van der Waals surface area contributed by atoms with Gasteiger partial charge in [0, 0.05) is 13.2 Å². The second-order valence-corrected chi connectivity index (χ2v) is 6.02. The van der Waals surface area contributed by atoms with Crippen molar-refractivity contribution in [2.45, 2.75) is 19.4 Å². The Bertz CT molecular complexity index is 634. The van der Waals surface area contributed by atoms with Crippen molar-refractivity contribution in [3.8, 4) is 5.75 Å². The largest absolute Gasteiger partial charge is 0.489 e. The summed E-state index contributed by atoms with van der Waals surface area (Å²) in [5.74, 6) is 0.990. The molecule has 1 heterocycles. The Balaban J connectivity index is 1.40. The summed E-state index contributed by atoms with van der Waals surface area (Å²) in [7, 11) is 0. The lowest BCUT2D eigenvalue weighted by Crippen LogP contribution is -2.32. The first kappa shape index (κ1) is 16.5. The van der Waals surface area contributed by atoms with Crippen LogP contribution < -0.4 is 10.1 Å². The van der Waals surface area contributed by atoms with Crippen LogP contribution >= 0.6 is 0 Å². The highest BCUT2D eigenvalue weighted by Gasteiger charge is 2.22. The number of rotatable bonds is 7. The summed E-state index contributed by atoms with van der Waals surface area (Å²) in [5.41, 5.74) is 2.34. The Hall–Kier alpha value is -2.33. The van der Waals surface area contributed by atoms with Gasteiger partial charge in [-0.2, -0.15) is 0 Å². The molecule has 0 aliphatic carbocycles. The third-order valence-electron chi connectivity index (χ3n) is 4.19. The standard InChI is InChI=1S/C20H23NO3/c22-20(18-11-13-23-15-18)21-12-10-16-6-8-19(9-7-16)24-14-17-4-2-1-3-5-17/h1-9,18H,10-15H2,(H,21,22). The number of carbonyl (C=O) groups is 1. The summed E-state index contributed by atoms with van der Waals surface area (Å²) >= 11 is 0. The number of hydrogen-bond acceptors (Lipinski definition) is 3. The van der Waals surface area contributed by atoms with Crippen LogP contribution in [-0.2, 0) is 22.6 Å². The second kappa shape index (κ2) is 8.50. The van der Waals surface area contributed by atoms with Crippen LogP contribution in [0.15, 0.2) is 54.6 Å². The molecule has 1 aliphatic heterocycles. The molecule has 1 N–H and O–H groups in total. The Morgan fingerprint density at radius 1 is 1.08 bits per heavy atom. The van der Waals surface area contributed by atoms with E-state index in [-0.39, 0.29) is 11.8 Å². The zero-order valence-electron chi connectivity index (χ0n) is 13.7. The van der Waals surface area contributed by atoms with E-state index in [0.29, 0.717) is 26.4 Å². The van der Waals surface area contributed by atoms with Crippen LogP contribution in [0.2, 0.25) is 0 Å². The maximum Gasteiger partial charge on any atom is 0.225 e. The molecule has 4 nitrogen and oxygen atoms in total. The Labute approximate surface area is 142 Å². The minimum atomic E-state index is 0.0266. The fourth-order valence-corrected chi connectivity index (χ4v) is 2.71. The predicted molar refractivity (Wildman–Crippen MR) is 92.9 cm³/mol. The molecule has 1 atom stereocenters. The molecular formula is C20H23NO3. The quantitative estimate of drug-likeness (QED) is 0.851. The summed E-state index contributed by atoms with van der Waals surface area (Å²) in [6, 6.07) is 18.2. The van der Waals surface area contributed by atoms with Crippen molar-refractivity contribution in [3.05, 3.63) is 65.7 Å². The number of benzene rings is 2. The van der Waals surface area contributed by atoms with Crippen molar-refractivity contribution < 1.29 is 14.3 Å². The van der Waals surface area contributed by atoms with Crippen molar-refractivity contribution in [2.24, 2.45) is 5.92 Å². The molecule has 0 saturated carbocycles. The van der Waals surface area contributed by atoms with E-state index in [1.54, 1.807) is 0 Å². The number of carbonyl (C=O) groups excluding carboxylic acids is 1. The summed E-state index contributed by atoms with van der Waals surface area (Å²) in [4.78, 5) is 11.9. The monoisotopic (exact) mass is 325 g/mol. The Kier molecular flexibility index (Phi) is 5.85. The highest BCUT2D eigenvalue weighted by Crippen LogP contribution is 2.15. The first-order chi connectivity index (χ1) is 11.8. The maximum absolute atomic E-state index is 11.9. The van der Waals surface area contributed by atoms with Crippen LogP contribution in [-0.4, -0.2) is 25.7 Å². The fourth-order valence-electron chi connectivity index (χ4n) is 2.71. The van der Waals surface area contributed by atoms with Gasteiger partial charge in [-0.05, 0) is 36.1 Å². The summed E-state index contributed by atoms with van der Waals surface area (Å²) in [6.07, 6.45) is 1.65. The van der Waals surface area contributed by atoms with E-state index >= 15 is 0 Å². The van der Waals surface area contributed by atoms with Crippen LogP contribution in [0.25, 0.3) is 0 Å². The van der Waals surface area contributed by atoms with Gasteiger partial charge in [-0.3, -0.25) is 4.79 Å². The van der Waals surface area contributed by atoms with Gasteiger partial charge in [0.1, 0.15) is 12.4 Å². The summed E-state index contributed by atoms with van der Waals surface area (Å²) in [6.45, 7) is 2.47. The van der Waals surface area contributed by atoms with Crippen molar-refractivity contribution in [2.75, 3.05) is 19.8 Å². The van der Waals surface area contributed by atoms with E-state index in [1.807, 2.05) is 54.6 Å². The zero-order chi connectivity index (χ0) is 16.6. The van der Waals surface area contributed by atoms with Gasteiger partial charge in [0.05, 0.1) is 12.5 Å². The Morgan fingerprint density at radius 2 is 1.88 bits per heavy atom. The van der Waals surface area contributed by atoms with E-state index in [9.17, 15) is 4.79 Å². The lowest BCUT2D eigenvalue weighted by molar-refractivity contribution is -0.124. The van der Waals surface area contributed by atoms with Crippen LogP contribution in [0.1, 0.15) is 17.5 Å². The van der Waals surface area contributed by atoms with Gasteiger partial charge in [-0.15, -0.1) is 0 Å². The molecular weight excluding hydrogens is 302 g/mol. The molecule has 1 unspecified atom stereocenters. The molecule has 2 aromatic carbocycles. The molecule has 126 valence electrons. The predicted octanol–water partition coefficient (Wildman–Crippen LogP) is 2.96. The van der Waals surface area contributed by atoms with Gasteiger partial charge in [0.15, 0.2) is 0 Å². The van der Waals surface area contributed by atoms with Crippen molar-refractivity contribution in [3.63, 3.8) is 0 Å². The van der Waals surface area contributed by atoms with E-state index in [4.69, 9.17) is 9.47 Å². The SMILES string of the molecule is O=C(NCCc1ccc(OCc2ccccc2)cc1)C1CCOC1. The lowest BCUT2D eigenvalue weighted by atomic mass is 10.1. The third kappa shape index (κ3) is 4.83.